The highest BCUT2D eigenvalue weighted by Crippen LogP contribution is 2.18. The lowest BCUT2D eigenvalue weighted by atomic mass is 10.0. The van der Waals surface area contributed by atoms with Gasteiger partial charge in [0.25, 0.3) is 5.91 Å². The number of carbonyl (C=O) groups excluding carboxylic acids is 3. The van der Waals surface area contributed by atoms with Gasteiger partial charge in [0, 0.05) is 0 Å². The Labute approximate surface area is 164 Å². The maximum atomic E-state index is 12.0. The van der Waals surface area contributed by atoms with Crippen LogP contribution >= 0.6 is 0 Å². The topological polar surface area (TPSA) is 81.7 Å². The number of ketones is 1. The molecule has 148 valence electrons. The van der Waals surface area contributed by atoms with Gasteiger partial charge in [0.2, 0.25) is 0 Å². The highest BCUT2D eigenvalue weighted by atomic mass is 16.6. The van der Waals surface area contributed by atoms with E-state index in [2.05, 4.69) is 5.32 Å². The predicted molar refractivity (Wildman–Crippen MR) is 105 cm³/mol. The van der Waals surface area contributed by atoms with Crippen molar-refractivity contribution in [2.45, 2.75) is 33.2 Å². The van der Waals surface area contributed by atoms with Crippen molar-refractivity contribution in [1.82, 2.24) is 5.32 Å². The summed E-state index contributed by atoms with van der Waals surface area (Å²) < 4.78 is 10.4. The Morgan fingerprint density at radius 2 is 1.71 bits per heavy atom. The van der Waals surface area contributed by atoms with Crippen LogP contribution in [0.2, 0.25) is 0 Å². The Kier molecular flexibility index (Phi) is 7.75. The van der Waals surface area contributed by atoms with Crippen LogP contribution in [0.15, 0.2) is 48.5 Å². The van der Waals surface area contributed by atoms with Crippen molar-refractivity contribution in [2.24, 2.45) is 0 Å². The molecule has 0 bridgehead atoms. The van der Waals surface area contributed by atoms with Crippen LogP contribution in [0.25, 0.3) is 0 Å². The van der Waals surface area contributed by atoms with Crippen molar-refractivity contribution in [3.8, 4) is 5.75 Å². The lowest BCUT2D eigenvalue weighted by molar-refractivity contribution is -0.150. The van der Waals surface area contributed by atoms with E-state index >= 15 is 0 Å². The summed E-state index contributed by atoms with van der Waals surface area (Å²) in [7, 11) is 0. The van der Waals surface area contributed by atoms with Gasteiger partial charge >= 0.3 is 5.97 Å². The number of nitrogens with one attached hydrogen (secondary N) is 1. The third-order valence-corrected chi connectivity index (χ3v) is 4.16. The minimum atomic E-state index is -0.667. The van der Waals surface area contributed by atoms with Gasteiger partial charge in [-0.05, 0) is 49.9 Å². The zero-order valence-corrected chi connectivity index (χ0v) is 16.4. The van der Waals surface area contributed by atoms with Gasteiger partial charge in [-0.25, -0.2) is 4.79 Å². The summed E-state index contributed by atoms with van der Waals surface area (Å²) in [5.41, 5.74) is 2.85. The average Bonchev–Trinajstić information content (AvgIpc) is 2.67. The first kappa shape index (κ1) is 21.2. The maximum Gasteiger partial charge on any atom is 0.344 e. The fourth-order valence-corrected chi connectivity index (χ4v) is 2.57. The number of aryl methyl sites for hydroxylation is 2. The molecule has 1 atom stereocenters. The van der Waals surface area contributed by atoms with Crippen LogP contribution in [0.5, 0.6) is 5.75 Å². The summed E-state index contributed by atoms with van der Waals surface area (Å²) in [6.45, 7) is 4.46. The monoisotopic (exact) mass is 383 g/mol. The quantitative estimate of drug-likeness (QED) is 0.673. The maximum absolute atomic E-state index is 12.0. The molecular formula is C22H25NO5. The molecule has 2 aromatic carbocycles. The number of hydrogen-bond donors (Lipinski definition) is 1. The van der Waals surface area contributed by atoms with Crippen LogP contribution in [0.4, 0.5) is 0 Å². The van der Waals surface area contributed by atoms with Gasteiger partial charge in [0.1, 0.15) is 5.75 Å². The summed E-state index contributed by atoms with van der Waals surface area (Å²) >= 11 is 0. The zero-order valence-electron chi connectivity index (χ0n) is 16.4. The molecule has 0 heterocycles. The molecule has 0 saturated heterocycles. The minimum absolute atomic E-state index is 0.165. The lowest BCUT2D eigenvalue weighted by Gasteiger charge is -2.16. The van der Waals surface area contributed by atoms with Gasteiger partial charge in [-0.15, -0.1) is 0 Å². The molecule has 28 heavy (non-hydrogen) atoms. The van der Waals surface area contributed by atoms with E-state index < -0.39 is 24.5 Å². The molecule has 0 aliphatic rings. The fraction of sp³-hybridized carbons (Fsp3) is 0.318. The first-order chi connectivity index (χ1) is 13.3. The van der Waals surface area contributed by atoms with Crippen molar-refractivity contribution in [3.05, 3.63) is 65.2 Å². The Balaban J connectivity index is 1.79. The predicted octanol–water partition coefficient (Wildman–Crippen LogP) is 2.54. The molecule has 0 aliphatic carbocycles. The molecule has 6 heteroatoms. The molecule has 0 aliphatic heterocycles. The van der Waals surface area contributed by atoms with Gasteiger partial charge in [-0.3, -0.25) is 9.59 Å². The molecule has 0 fully saturated rings. The zero-order chi connectivity index (χ0) is 20.5. The molecule has 2 rings (SSSR count). The Morgan fingerprint density at radius 1 is 1.00 bits per heavy atom. The second-order valence-corrected chi connectivity index (χ2v) is 6.64. The van der Waals surface area contributed by atoms with E-state index in [1.165, 1.54) is 6.92 Å². The molecule has 0 saturated carbocycles. The van der Waals surface area contributed by atoms with E-state index in [0.717, 1.165) is 16.7 Å². The van der Waals surface area contributed by atoms with Gasteiger partial charge < -0.3 is 14.8 Å². The van der Waals surface area contributed by atoms with E-state index in [0.29, 0.717) is 12.2 Å². The molecule has 0 radical (unpaired) electrons. The molecule has 1 N–H and O–H groups in total. The van der Waals surface area contributed by atoms with E-state index in [1.54, 1.807) is 0 Å². The van der Waals surface area contributed by atoms with Crippen LogP contribution in [-0.4, -0.2) is 36.9 Å². The smallest absolute Gasteiger partial charge is 0.344 e. The largest absolute Gasteiger partial charge is 0.482 e. The summed E-state index contributed by atoms with van der Waals surface area (Å²) in [5.74, 6) is -0.752. The van der Waals surface area contributed by atoms with E-state index in [1.807, 2.05) is 62.4 Å². The second kappa shape index (κ2) is 10.3. The van der Waals surface area contributed by atoms with Gasteiger partial charge in [0.05, 0.1) is 6.04 Å². The van der Waals surface area contributed by atoms with Crippen molar-refractivity contribution >= 4 is 17.7 Å². The summed E-state index contributed by atoms with van der Waals surface area (Å²) in [6.07, 6.45) is 0.381. The highest BCUT2D eigenvalue weighted by Gasteiger charge is 2.18. The first-order valence-electron chi connectivity index (χ1n) is 9.04. The van der Waals surface area contributed by atoms with Crippen molar-refractivity contribution in [1.29, 1.82) is 0 Å². The third-order valence-electron chi connectivity index (χ3n) is 4.16. The number of rotatable bonds is 9. The molecule has 0 aromatic heterocycles. The molecule has 2 aromatic rings. The Hall–Kier alpha value is -3.15. The molecular weight excluding hydrogens is 358 g/mol. The number of benzene rings is 2. The summed E-state index contributed by atoms with van der Waals surface area (Å²) in [4.78, 5) is 35.7. The summed E-state index contributed by atoms with van der Waals surface area (Å²) in [6, 6.07) is 14.4. The van der Waals surface area contributed by atoms with Gasteiger partial charge in [-0.1, -0.05) is 42.5 Å². The number of esters is 1. The number of hydrogen-bond acceptors (Lipinski definition) is 5. The van der Waals surface area contributed by atoms with E-state index in [-0.39, 0.29) is 12.4 Å². The van der Waals surface area contributed by atoms with Crippen LogP contribution in [0.3, 0.4) is 0 Å². The molecule has 0 unspecified atom stereocenters. The Bertz CT molecular complexity index is 832. The van der Waals surface area contributed by atoms with Gasteiger partial charge in [0.15, 0.2) is 19.0 Å². The Morgan fingerprint density at radius 3 is 2.39 bits per heavy atom. The third kappa shape index (κ3) is 6.87. The van der Waals surface area contributed by atoms with E-state index in [4.69, 9.17) is 9.47 Å². The number of amides is 1. The van der Waals surface area contributed by atoms with Crippen LogP contribution in [-0.2, 0) is 25.5 Å². The standard InChI is InChI=1S/C22H25NO5/c1-15-9-10-16(2)20(11-15)27-14-22(26)28-13-21(25)23-19(17(3)24)12-18-7-5-4-6-8-18/h4-11,19H,12-14H2,1-3H3,(H,23,25)/t19-/m0/s1. The van der Waals surface area contributed by atoms with E-state index in [9.17, 15) is 14.4 Å². The number of ether oxygens (including phenoxy) is 2. The highest BCUT2D eigenvalue weighted by molar-refractivity contribution is 5.88. The minimum Gasteiger partial charge on any atom is -0.482 e. The normalized spacial score (nSPS) is 11.4. The average molecular weight is 383 g/mol. The van der Waals surface area contributed by atoms with Crippen LogP contribution < -0.4 is 10.1 Å². The fourth-order valence-electron chi connectivity index (χ4n) is 2.57. The van der Waals surface area contributed by atoms with Crippen molar-refractivity contribution in [3.63, 3.8) is 0 Å². The van der Waals surface area contributed by atoms with Crippen molar-refractivity contribution < 1.29 is 23.9 Å². The summed E-state index contributed by atoms with van der Waals surface area (Å²) in [5, 5.41) is 2.60. The van der Waals surface area contributed by atoms with Crippen LogP contribution in [0.1, 0.15) is 23.6 Å². The SMILES string of the molecule is CC(=O)[C@H](Cc1ccccc1)NC(=O)COC(=O)COc1cc(C)ccc1C. The van der Waals surface area contributed by atoms with Gasteiger partial charge in [-0.2, -0.15) is 0 Å². The number of carbonyl (C=O) groups is 3. The first-order valence-corrected chi connectivity index (χ1v) is 9.04. The number of Topliss-reactive ketones (excluding diaryl/α,β-unsaturated/α-hetero) is 1. The second-order valence-electron chi connectivity index (χ2n) is 6.64. The molecule has 6 nitrogen and oxygen atoms in total. The lowest BCUT2D eigenvalue weighted by Crippen LogP contribution is -2.43. The molecule has 1 amide bonds. The van der Waals surface area contributed by atoms with Crippen molar-refractivity contribution in [2.75, 3.05) is 13.2 Å². The molecule has 0 spiro atoms. The van der Waals surface area contributed by atoms with Crippen LogP contribution in [0, 0.1) is 13.8 Å².